The molecule has 3 unspecified atom stereocenters. The van der Waals surface area contributed by atoms with E-state index < -0.39 is 0 Å². The average molecular weight is 265 g/mol. The molecule has 3 heteroatoms. The molecule has 0 aliphatic carbocycles. The molecule has 1 aromatic rings. The minimum absolute atomic E-state index is 0.416. The summed E-state index contributed by atoms with van der Waals surface area (Å²) >= 11 is 2.04. The van der Waals surface area contributed by atoms with Crippen molar-refractivity contribution in [2.24, 2.45) is 0 Å². The smallest absolute Gasteiger partial charge is 0.124 e. The van der Waals surface area contributed by atoms with Crippen LogP contribution in [0.25, 0.3) is 0 Å². The summed E-state index contributed by atoms with van der Waals surface area (Å²) in [5.74, 6) is 1.05. The van der Waals surface area contributed by atoms with Gasteiger partial charge in [0.15, 0.2) is 0 Å². The van der Waals surface area contributed by atoms with E-state index in [1.165, 1.54) is 12.0 Å². The van der Waals surface area contributed by atoms with Gasteiger partial charge in [-0.1, -0.05) is 39.0 Å². The molecule has 0 fully saturated rings. The standard InChI is InChI=1S/C15H23NOS/c1-4-11(3)18-14-10-17-13-9-7-6-8-12(13)15(14)16-5-2/h6-9,11,14-16H,4-5,10H2,1-3H3. The van der Waals surface area contributed by atoms with Crippen LogP contribution < -0.4 is 10.1 Å². The number of rotatable bonds is 5. The van der Waals surface area contributed by atoms with E-state index in [0.717, 1.165) is 18.9 Å². The van der Waals surface area contributed by atoms with Crippen LogP contribution in [-0.4, -0.2) is 23.7 Å². The maximum absolute atomic E-state index is 5.90. The van der Waals surface area contributed by atoms with Gasteiger partial charge in [-0.3, -0.25) is 0 Å². The van der Waals surface area contributed by atoms with Gasteiger partial charge >= 0.3 is 0 Å². The number of hydrogen-bond acceptors (Lipinski definition) is 3. The van der Waals surface area contributed by atoms with Gasteiger partial charge in [-0.2, -0.15) is 0 Å². The number of thioether (sulfide) groups is 1. The number of nitrogens with one attached hydrogen (secondary N) is 1. The highest BCUT2D eigenvalue weighted by atomic mass is 32.2. The molecule has 1 aliphatic rings. The van der Waals surface area contributed by atoms with Gasteiger partial charge in [0.05, 0.1) is 11.3 Å². The topological polar surface area (TPSA) is 21.3 Å². The molecule has 0 saturated heterocycles. The molecule has 0 aromatic heterocycles. The zero-order valence-electron chi connectivity index (χ0n) is 11.5. The summed E-state index contributed by atoms with van der Waals surface area (Å²) in [4.78, 5) is 0. The van der Waals surface area contributed by atoms with Gasteiger partial charge in [0, 0.05) is 10.8 Å². The van der Waals surface area contributed by atoms with E-state index in [1.807, 2.05) is 17.8 Å². The average Bonchev–Trinajstić information content (AvgIpc) is 2.41. The summed E-state index contributed by atoms with van der Waals surface area (Å²) in [6.07, 6.45) is 1.21. The van der Waals surface area contributed by atoms with E-state index in [9.17, 15) is 0 Å². The molecule has 100 valence electrons. The van der Waals surface area contributed by atoms with Crippen LogP contribution in [0.15, 0.2) is 24.3 Å². The maximum atomic E-state index is 5.90. The molecule has 0 amide bonds. The SMILES string of the molecule is CCNC1c2ccccc2OCC1SC(C)CC. The van der Waals surface area contributed by atoms with Crippen molar-refractivity contribution in [2.75, 3.05) is 13.2 Å². The summed E-state index contributed by atoms with van der Waals surface area (Å²) in [7, 11) is 0. The van der Waals surface area contributed by atoms with Gasteiger partial charge < -0.3 is 10.1 Å². The van der Waals surface area contributed by atoms with Crippen molar-refractivity contribution < 1.29 is 4.74 Å². The zero-order valence-corrected chi connectivity index (χ0v) is 12.3. The first kappa shape index (κ1) is 13.8. The van der Waals surface area contributed by atoms with E-state index in [0.29, 0.717) is 16.5 Å². The van der Waals surface area contributed by atoms with Gasteiger partial charge in [-0.15, -0.1) is 11.8 Å². The third kappa shape index (κ3) is 3.01. The summed E-state index contributed by atoms with van der Waals surface area (Å²) in [5.41, 5.74) is 1.31. The van der Waals surface area contributed by atoms with Crippen LogP contribution in [0.2, 0.25) is 0 Å². The summed E-state index contributed by atoms with van der Waals surface area (Å²) in [5, 5.41) is 4.81. The predicted octanol–water partition coefficient (Wildman–Crippen LogP) is 3.63. The lowest BCUT2D eigenvalue weighted by atomic mass is 10.0. The Morgan fingerprint density at radius 2 is 2.17 bits per heavy atom. The second-order valence-electron chi connectivity index (χ2n) is 4.78. The van der Waals surface area contributed by atoms with E-state index >= 15 is 0 Å². The van der Waals surface area contributed by atoms with E-state index in [1.54, 1.807) is 0 Å². The van der Waals surface area contributed by atoms with Crippen molar-refractivity contribution >= 4 is 11.8 Å². The minimum Gasteiger partial charge on any atom is -0.492 e. The Morgan fingerprint density at radius 1 is 1.39 bits per heavy atom. The number of hydrogen-bond donors (Lipinski definition) is 1. The second kappa shape index (κ2) is 6.48. The molecule has 2 nitrogen and oxygen atoms in total. The quantitative estimate of drug-likeness (QED) is 0.878. The normalized spacial score (nSPS) is 24.2. The van der Waals surface area contributed by atoms with Gasteiger partial charge in [0.1, 0.15) is 12.4 Å². The number of benzene rings is 1. The Labute approximate surface area is 114 Å². The number of ether oxygens (including phenoxy) is 1. The maximum Gasteiger partial charge on any atom is 0.124 e. The molecule has 1 heterocycles. The van der Waals surface area contributed by atoms with Crippen LogP contribution in [-0.2, 0) is 0 Å². The van der Waals surface area contributed by atoms with Crippen molar-refractivity contribution in [3.05, 3.63) is 29.8 Å². The Balaban J connectivity index is 2.18. The van der Waals surface area contributed by atoms with E-state index in [4.69, 9.17) is 4.74 Å². The summed E-state index contributed by atoms with van der Waals surface area (Å²) in [6.45, 7) is 8.52. The lowest BCUT2D eigenvalue weighted by Gasteiger charge is -2.35. The first-order valence-electron chi connectivity index (χ1n) is 6.86. The van der Waals surface area contributed by atoms with Gasteiger partial charge in [0.25, 0.3) is 0 Å². The van der Waals surface area contributed by atoms with E-state index in [2.05, 4.69) is 44.3 Å². The molecule has 1 N–H and O–H groups in total. The zero-order chi connectivity index (χ0) is 13.0. The molecule has 2 rings (SSSR count). The lowest BCUT2D eigenvalue weighted by molar-refractivity contribution is 0.261. The largest absolute Gasteiger partial charge is 0.492 e. The summed E-state index contributed by atoms with van der Waals surface area (Å²) < 4.78 is 5.90. The predicted molar refractivity (Wildman–Crippen MR) is 79.5 cm³/mol. The highest BCUT2D eigenvalue weighted by molar-refractivity contribution is 8.00. The first-order valence-corrected chi connectivity index (χ1v) is 7.81. The van der Waals surface area contributed by atoms with Crippen LogP contribution >= 0.6 is 11.8 Å². The van der Waals surface area contributed by atoms with Crippen molar-refractivity contribution in [3.63, 3.8) is 0 Å². The molecule has 0 bridgehead atoms. The Morgan fingerprint density at radius 3 is 2.89 bits per heavy atom. The van der Waals surface area contributed by atoms with Gasteiger partial charge in [-0.05, 0) is 19.0 Å². The molecule has 0 radical (unpaired) electrons. The number of para-hydroxylation sites is 1. The third-order valence-corrected chi connectivity index (χ3v) is 4.99. The molecular formula is C15H23NOS. The van der Waals surface area contributed by atoms with Crippen molar-refractivity contribution in [2.45, 2.75) is 43.7 Å². The highest BCUT2D eigenvalue weighted by Crippen LogP contribution is 2.38. The Kier molecular flexibility index (Phi) is 4.95. The Hall–Kier alpha value is -0.670. The van der Waals surface area contributed by atoms with Crippen LogP contribution in [0.4, 0.5) is 0 Å². The molecule has 18 heavy (non-hydrogen) atoms. The van der Waals surface area contributed by atoms with Gasteiger partial charge in [0.2, 0.25) is 0 Å². The van der Waals surface area contributed by atoms with E-state index in [-0.39, 0.29) is 0 Å². The first-order chi connectivity index (χ1) is 8.76. The molecule has 3 atom stereocenters. The minimum atomic E-state index is 0.416. The third-order valence-electron chi connectivity index (χ3n) is 3.44. The van der Waals surface area contributed by atoms with Crippen LogP contribution in [0, 0.1) is 0 Å². The highest BCUT2D eigenvalue weighted by Gasteiger charge is 2.31. The molecule has 0 saturated carbocycles. The van der Waals surface area contributed by atoms with Crippen molar-refractivity contribution in [1.29, 1.82) is 0 Å². The fourth-order valence-electron chi connectivity index (χ4n) is 2.31. The molecule has 0 spiro atoms. The van der Waals surface area contributed by atoms with Crippen molar-refractivity contribution in [1.82, 2.24) is 5.32 Å². The van der Waals surface area contributed by atoms with Crippen molar-refractivity contribution in [3.8, 4) is 5.75 Å². The number of fused-ring (bicyclic) bond motifs is 1. The second-order valence-corrected chi connectivity index (χ2v) is 6.46. The summed E-state index contributed by atoms with van der Waals surface area (Å²) in [6, 6.07) is 8.82. The molecular weight excluding hydrogens is 242 g/mol. The monoisotopic (exact) mass is 265 g/mol. The molecule has 1 aliphatic heterocycles. The molecule has 1 aromatic carbocycles. The lowest BCUT2D eigenvalue weighted by Crippen LogP contribution is -2.38. The Bertz CT molecular complexity index is 383. The van der Waals surface area contributed by atoms with Crippen LogP contribution in [0.1, 0.15) is 38.8 Å². The van der Waals surface area contributed by atoms with Crippen LogP contribution in [0.5, 0.6) is 5.75 Å². The van der Waals surface area contributed by atoms with Crippen LogP contribution in [0.3, 0.4) is 0 Å². The van der Waals surface area contributed by atoms with Gasteiger partial charge in [-0.25, -0.2) is 0 Å². The fourth-order valence-corrected chi connectivity index (χ4v) is 3.65. The fraction of sp³-hybridized carbons (Fsp3) is 0.600.